The summed E-state index contributed by atoms with van der Waals surface area (Å²) < 4.78 is 13.2. The van der Waals surface area contributed by atoms with Gasteiger partial charge in [-0.3, -0.25) is 14.7 Å². The largest absolute Gasteiger partial charge is 0.335 e. The molecule has 0 aliphatic carbocycles. The molecule has 7 heteroatoms. The molecule has 3 rings (SSSR count). The Balaban J connectivity index is 1.81. The molecule has 1 aliphatic rings. The lowest BCUT2D eigenvalue weighted by atomic mass is 10.0. The van der Waals surface area contributed by atoms with Crippen molar-refractivity contribution in [3.05, 3.63) is 53.1 Å². The van der Waals surface area contributed by atoms with E-state index in [9.17, 15) is 14.0 Å². The van der Waals surface area contributed by atoms with Crippen molar-refractivity contribution in [1.82, 2.24) is 20.0 Å². The molecule has 2 aromatic rings. The Hall–Kier alpha value is -2.70. The lowest BCUT2D eigenvalue weighted by Crippen LogP contribution is -2.47. The number of carbonyl (C=O) groups is 2. The molecule has 1 atom stereocenters. The third-order valence-electron chi connectivity index (χ3n) is 4.97. The number of aromatic nitrogens is 2. The van der Waals surface area contributed by atoms with E-state index in [0.717, 1.165) is 11.3 Å². The van der Waals surface area contributed by atoms with Gasteiger partial charge in [-0.05, 0) is 36.6 Å². The van der Waals surface area contributed by atoms with Gasteiger partial charge < -0.3 is 9.80 Å². The van der Waals surface area contributed by atoms with Gasteiger partial charge in [-0.1, -0.05) is 26.0 Å². The number of benzene rings is 1. The first-order chi connectivity index (χ1) is 12.8. The van der Waals surface area contributed by atoms with Crippen molar-refractivity contribution in [3.8, 4) is 0 Å². The van der Waals surface area contributed by atoms with Gasteiger partial charge in [0.2, 0.25) is 5.91 Å². The summed E-state index contributed by atoms with van der Waals surface area (Å²) in [5, 5.41) is 6.84. The van der Waals surface area contributed by atoms with E-state index in [1.807, 2.05) is 25.7 Å². The fourth-order valence-electron chi connectivity index (χ4n) is 3.41. The van der Waals surface area contributed by atoms with Crippen molar-refractivity contribution in [3.63, 3.8) is 0 Å². The zero-order valence-corrected chi connectivity index (χ0v) is 15.9. The van der Waals surface area contributed by atoms with Gasteiger partial charge in [0.15, 0.2) is 0 Å². The predicted octanol–water partition coefficient (Wildman–Crippen LogP) is 2.76. The summed E-state index contributed by atoms with van der Waals surface area (Å²) >= 11 is 0. The Labute approximate surface area is 158 Å². The van der Waals surface area contributed by atoms with Crippen LogP contribution in [-0.2, 0) is 11.3 Å². The van der Waals surface area contributed by atoms with E-state index in [1.165, 1.54) is 12.1 Å². The molecule has 6 nitrogen and oxygen atoms in total. The van der Waals surface area contributed by atoms with E-state index in [1.54, 1.807) is 23.1 Å². The number of hydrogen-bond acceptors (Lipinski definition) is 3. The van der Waals surface area contributed by atoms with Gasteiger partial charge >= 0.3 is 0 Å². The number of nitrogens with zero attached hydrogens (tertiary/aromatic N) is 3. The van der Waals surface area contributed by atoms with Crippen LogP contribution in [0.5, 0.6) is 0 Å². The minimum absolute atomic E-state index is 0.00605. The Morgan fingerprint density at radius 1 is 1.33 bits per heavy atom. The lowest BCUT2D eigenvalue weighted by molar-refractivity contribution is -0.134. The van der Waals surface area contributed by atoms with Gasteiger partial charge in [-0.25, -0.2) is 4.39 Å². The van der Waals surface area contributed by atoms with Crippen LogP contribution in [0.1, 0.15) is 42.0 Å². The van der Waals surface area contributed by atoms with Crippen molar-refractivity contribution in [2.24, 2.45) is 5.92 Å². The van der Waals surface area contributed by atoms with E-state index in [2.05, 4.69) is 10.2 Å². The van der Waals surface area contributed by atoms with Crippen LogP contribution in [0.2, 0.25) is 0 Å². The predicted molar refractivity (Wildman–Crippen MR) is 99.4 cm³/mol. The molecule has 2 amide bonds. The van der Waals surface area contributed by atoms with Crippen LogP contribution >= 0.6 is 0 Å². The first kappa shape index (κ1) is 19.1. The van der Waals surface area contributed by atoms with Crippen LogP contribution < -0.4 is 0 Å². The smallest absolute Gasteiger partial charge is 0.274 e. The van der Waals surface area contributed by atoms with Gasteiger partial charge in [-0.15, -0.1) is 0 Å². The molecule has 0 unspecified atom stereocenters. The van der Waals surface area contributed by atoms with Gasteiger partial charge in [0, 0.05) is 31.7 Å². The summed E-state index contributed by atoms with van der Waals surface area (Å²) in [6, 6.07) is 7.79. The topological polar surface area (TPSA) is 69.3 Å². The molecule has 1 aliphatic heterocycles. The second kappa shape index (κ2) is 7.90. The monoisotopic (exact) mass is 372 g/mol. The first-order valence-corrected chi connectivity index (χ1v) is 9.20. The van der Waals surface area contributed by atoms with Gasteiger partial charge in [0.05, 0.1) is 6.04 Å². The Morgan fingerprint density at radius 3 is 2.63 bits per heavy atom. The summed E-state index contributed by atoms with van der Waals surface area (Å²) in [6.45, 7) is 7.16. The average Bonchev–Trinajstić information content (AvgIpc) is 3.00. The highest BCUT2D eigenvalue weighted by Gasteiger charge is 2.34. The molecular weight excluding hydrogens is 347 g/mol. The van der Waals surface area contributed by atoms with E-state index in [0.29, 0.717) is 25.3 Å². The van der Waals surface area contributed by atoms with Crippen molar-refractivity contribution in [1.29, 1.82) is 0 Å². The minimum atomic E-state index is -0.299. The third-order valence-corrected chi connectivity index (χ3v) is 4.97. The van der Waals surface area contributed by atoms with E-state index in [4.69, 9.17) is 0 Å². The fraction of sp³-hybridized carbons (Fsp3) is 0.450. The van der Waals surface area contributed by atoms with Crippen LogP contribution in [0.3, 0.4) is 0 Å². The molecule has 1 saturated heterocycles. The molecule has 27 heavy (non-hydrogen) atoms. The van der Waals surface area contributed by atoms with Crippen molar-refractivity contribution in [2.45, 2.75) is 39.8 Å². The molecule has 0 bridgehead atoms. The number of nitrogens with one attached hydrogen (secondary N) is 1. The van der Waals surface area contributed by atoms with E-state index < -0.39 is 0 Å². The molecule has 2 heterocycles. The molecule has 0 radical (unpaired) electrons. The number of hydrogen-bond donors (Lipinski definition) is 1. The molecule has 1 aromatic heterocycles. The van der Waals surface area contributed by atoms with Crippen LogP contribution in [0.25, 0.3) is 0 Å². The summed E-state index contributed by atoms with van der Waals surface area (Å²) in [6.07, 6.45) is 0.263. The average molecular weight is 372 g/mol. The minimum Gasteiger partial charge on any atom is -0.335 e. The second-order valence-electron chi connectivity index (χ2n) is 7.40. The summed E-state index contributed by atoms with van der Waals surface area (Å²) in [7, 11) is 0. The van der Waals surface area contributed by atoms with Crippen LogP contribution in [0.4, 0.5) is 4.39 Å². The number of rotatable bonds is 4. The quantitative estimate of drug-likeness (QED) is 0.897. The molecule has 1 aromatic carbocycles. The number of carbonyl (C=O) groups excluding carboxylic acids is 2. The maximum atomic E-state index is 13.2. The van der Waals surface area contributed by atoms with Gasteiger partial charge in [-0.2, -0.15) is 5.10 Å². The highest BCUT2D eigenvalue weighted by atomic mass is 19.1. The van der Waals surface area contributed by atoms with Crippen LogP contribution in [0.15, 0.2) is 30.3 Å². The van der Waals surface area contributed by atoms with Crippen LogP contribution in [0, 0.1) is 18.7 Å². The zero-order valence-electron chi connectivity index (χ0n) is 15.9. The number of halogens is 1. The second-order valence-corrected chi connectivity index (χ2v) is 7.40. The van der Waals surface area contributed by atoms with Gasteiger partial charge in [0.1, 0.15) is 11.5 Å². The first-order valence-electron chi connectivity index (χ1n) is 9.20. The Bertz CT molecular complexity index is 816. The SMILES string of the molecule is Cc1cc(C(=O)N2CCC(=O)N(Cc3ccc(F)cc3)[C@H](C(C)C)C2)n[nH]1. The lowest BCUT2D eigenvalue weighted by Gasteiger charge is -2.34. The fourth-order valence-corrected chi connectivity index (χ4v) is 3.41. The Kier molecular flexibility index (Phi) is 5.58. The molecular formula is C20H25FN4O2. The highest BCUT2D eigenvalue weighted by Crippen LogP contribution is 2.22. The zero-order chi connectivity index (χ0) is 19.6. The summed E-state index contributed by atoms with van der Waals surface area (Å²) in [4.78, 5) is 29.1. The van der Waals surface area contributed by atoms with Crippen molar-refractivity contribution < 1.29 is 14.0 Å². The molecule has 144 valence electrons. The van der Waals surface area contributed by atoms with E-state index >= 15 is 0 Å². The van der Waals surface area contributed by atoms with E-state index in [-0.39, 0.29) is 36.0 Å². The number of aromatic amines is 1. The maximum absolute atomic E-state index is 13.2. The number of aryl methyl sites for hydroxylation is 1. The molecule has 1 fully saturated rings. The molecule has 1 N–H and O–H groups in total. The summed E-state index contributed by atoms with van der Waals surface area (Å²) in [5.41, 5.74) is 2.06. The van der Waals surface area contributed by atoms with Gasteiger partial charge in [0.25, 0.3) is 5.91 Å². The summed E-state index contributed by atoms with van der Waals surface area (Å²) in [5.74, 6) is -0.288. The maximum Gasteiger partial charge on any atom is 0.274 e. The number of H-pyrrole nitrogens is 1. The highest BCUT2D eigenvalue weighted by molar-refractivity contribution is 5.93. The molecule has 0 saturated carbocycles. The standard InChI is InChI=1S/C20H25FN4O2/c1-13(2)18-12-24(20(27)17-10-14(3)22-23-17)9-8-19(26)25(18)11-15-4-6-16(21)7-5-15/h4-7,10,13,18H,8-9,11-12H2,1-3H3,(H,22,23)/t18-/m0/s1. The number of amides is 2. The normalized spacial score (nSPS) is 18.1. The molecule has 0 spiro atoms. The Morgan fingerprint density at radius 2 is 2.04 bits per heavy atom. The van der Waals surface area contributed by atoms with Crippen LogP contribution in [-0.4, -0.2) is 50.9 Å². The third kappa shape index (κ3) is 4.35. The van der Waals surface area contributed by atoms with Crippen molar-refractivity contribution >= 4 is 11.8 Å². The van der Waals surface area contributed by atoms with Crippen molar-refractivity contribution in [2.75, 3.05) is 13.1 Å².